The summed E-state index contributed by atoms with van der Waals surface area (Å²) in [5.41, 5.74) is 1.41. The van der Waals surface area contributed by atoms with Crippen molar-refractivity contribution in [3.8, 4) is 17.6 Å². The van der Waals surface area contributed by atoms with Gasteiger partial charge in [0.15, 0.2) is 0 Å². The molecule has 0 atom stereocenters. The molecule has 0 heterocycles. The Balaban J connectivity index is 2.19. The lowest BCUT2D eigenvalue weighted by Gasteiger charge is -2.21. The van der Waals surface area contributed by atoms with Gasteiger partial charge in [-0.05, 0) is 41.7 Å². The van der Waals surface area contributed by atoms with Gasteiger partial charge in [0, 0.05) is 5.56 Å². The van der Waals surface area contributed by atoms with Crippen LogP contribution in [0.15, 0.2) is 54.1 Å². The van der Waals surface area contributed by atoms with E-state index in [2.05, 4.69) is 0 Å². The average molecular weight is 363 g/mol. The Morgan fingerprint density at radius 3 is 2.37 bits per heavy atom. The van der Waals surface area contributed by atoms with Crippen molar-refractivity contribution in [2.45, 2.75) is 39.5 Å². The fraction of sp³-hybridized carbons (Fsp3) is 0.304. The molecule has 2 aromatic rings. The molecule has 0 amide bonds. The molecule has 0 unspecified atom stereocenters. The third-order valence-electron chi connectivity index (χ3n) is 3.90. The zero-order chi connectivity index (χ0) is 19.9. The second-order valence-electron chi connectivity index (χ2n) is 7.22. The summed E-state index contributed by atoms with van der Waals surface area (Å²) in [7, 11) is 0. The van der Waals surface area contributed by atoms with Crippen LogP contribution in [0.4, 0.5) is 0 Å². The lowest BCUT2D eigenvalue weighted by Crippen LogP contribution is -2.17. The number of nitriles is 1. The molecule has 0 aromatic heterocycles. The van der Waals surface area contributed by atoms with Gasteiger partial charge in [-0.3, -0.25) is 0 Å². The maximum atomic E-state index is 12.5. The van der Waals surface area contributed by atoms with Crippen molar-refractivity contribution < 1.29 is 14.3 Å². The van der Waals surface area contributed by atoms with Gasteiger partial charge in [0.1, 0.15) is 23.1 Å². The minimum Gasteiger partial charge on any atom is -0.494 e. The summed E-state index contributed by atoms with van der Waals surface area (Å²) in [4.78, 5) is 12.5. The van der Waals surface area contributed by atoms with Gasteiger partial charge in [-0.25, -0.2) is 4.79 Å². The van der Waals surface area contributed by atoms with E-state index in [1.54, 1.807) is 18.2 Å². The molecule has 4 nitrogen and oxygen atoms in total. The Hall–Kier alpha value is -3.06. The van der Waals surface area contributed by atoms with Crippen molar-refractivity contribution in [1.29, 1.82) is 5.26 Å². The van der Waals surface area contributed by atoms with Crippen LogP contribution in [0.5, 0.6) is 11.5 Å². The normalized spacial score (nSPS) is 11.6. The summed E-state index contributed by atoms with van der Waals surface area (Å²) in [6.07, 6.45) is 2.45. The van der Waals surface area contributed by atoms with Crippen LogP contribution in [0.3, 0.4) is 0 Å². The molecular formula is C23H25NO3. The van der Waals surface area contributed by atoms with Gasteiger partial charge in [-0.2, -0.15) is 5.26 Å². The number of rotatable bonds is 6. The molecular weight excluding hydrogens is 338 g/mol. The number of nitrogens with zero attached hydrogens (tertiary/aromatic N) is 1. The van der Waals surface area contributed by atoms with Crippen LogP contribution in [-0.2, 0) is 10.2 Å². The molecule has 0 fully saturated rings. The van der Waals surface area contributed by atoms with E-state index in [0.29, 0.717) is 12.4 Å². The van der Waals surface area contributed by atoms with Crippen LogP contribution in [0.25, 0.3) is 6.08 Å². The Labute approximate surface area is 161 Å². The third-order valence-corrected chi connectivity index (χ3v) is 3.90. The van der Waals surface area contributed by atoms with Crippen LogP contribution in [-0.4, -0.2) is 12.6 Å². The standard InChI is InChI=1S/C23H25NO3/c1-5-14-26-19-12-10-17(11-13-19)15-18(16-24)22(25)27-21-9-7-6-8-20(21)23(2,3)4/h6-13,15H,5,14H2,1-4H3/b18-15-. The fourth-order valence-electron chi connectivity index (χ4n) is 2.51. The van der Waals surface area contributed by atoms with E-state index in [-0.39, 0.29) is 11.0 Å². The van der Waals surface area contributed by atoms with E-state index in [1.807, 2.05) is 64.1 Å². The first kappa shape index (κ1) is 20.3. The van der Waals surface area contributed by atoms with Gasteiger partial charge in [-0.1, -0.05) is 58.0 Å². The second kappa shape index (κ2) is 9.05. The SMILES string of the molecule is CCCOc1ccc(/C=C(/C#N)C(=O)Oc2ccccc2C(C)(C)C)cc1. The molecule has 0 saturated carbocycles. The molecule has 2 aromatic carbocycles. The zero-order valence-electron chi connectivity index (χ0n) is 16.3. The number of carbonyl (C=O) groups is 1. The summed E-state index contributed by atoms with van der Waals surface area (Å²) < 4.78 is 11.1. The molecule has 0 aliphatic carbocycles. The summed E-state index contributed by atoms with van der Waals surface area (Å²) in [5.74, 6) is 0.564. The number of hydrogen-bond donors (Lipinski definition) is 0. The Bertz CT molecular complexity index is 852. The maximum absolute atomic E-state index is 12.5. The number of hydrogen-bond acceptors (Lipinski definition) is 4. The van der Waals surface area contributed by atoms with Crippen molar-refractivity contribution in [2.75, 3.05) is 6.61 Å². The predicted octanol–water partition coefficient (Wildman–Crippen LogP) is 5.29. The largest absolute Gasteiger partial charge is 0.494 e. The minimum atomic E-state index is -0.666. The molecule has 0 N–H and O–H groups in total. The molecule has 27 heavy (non-hydrogen) atoms. The highest BCUT2D eigenvalue weighted by Gasteiger charge is 2.21. The van der Waals surface area contributed by atoms with E-state index in [0.717, 1.165) is 23.3 Å². The van der Waals surface area contributed by atoms with Crippen LogP contribution in [0.1, 0.15) is 45.2 Å². The quantitative estimate of drug-likeness (QED) is 0.303. The highest BCUT2D eigenvalue weighted by atomic mass is 16.5. The van der Waals surface area contributed by atoms with Gasteiger partial charge >= 0.3 is 5.97 Å². The molecule has 0 bridgehead atoms. The molecule has 0 saturated heterocycles. The van der Waals surface area contributed by atoms with E-state index >= 15 is 0 Å². The lowest BCUT2D eigenvalue weighted by atomic mass is 9.86. The number of para-hydroxylation sites is 1. The maximum Gasteiger partial charge on any atom is 0.354 e. The van der Waals surface area contributed by atoms with Gasteiger partial charge < -0.3 is 9.47 Å². The van der Waals surface area contributed by atoms with E-state index in [9.17, 15) is 10.1 Å². The third kappa shape index (κ3) is 5.72. The first-order valence-corrected chi connectivity index (χ1v) is 9.01. The molecule has 140 valence electrons. The summed E-state index contributed by atoms with van der Waals surface area (Å²) in [6, 6.07) is 16.6. The summed E-state index contributed by atoms with van der Waals surface area (Å²) >= 11 is 0. The van der Waals surface area contributed by atoms with Crippen LogP contribution in [0, 0.1) is 11.3 Å². The summed E-state index contributed by atoms with van der Waals surface area (Å²) in [6.45, 7) is 8.83. The molecule has 0 aliphatic heterocycles. The molecule has 0 radical (unpaired) electrons. The van der Waals surface area contributed by atoms with Crippen molar-refractivity contribution in [3.63, 3.8) is 0 Å². The zero-order valence-corrected chi connectivity index (χ0v) is 16.3. The van der Waals surface area contributed by atoms with Crippen LogP contribution >= 0.6 is 0 Å². The van der Waals surface area contributed by atoms with E-state index < -0.39 is 5.97 Å². The number of esters is 1. The summed E-state index contributed by atoms with van der Waals surface area (Å²) in [5, 5.41) is 9.39. The van der Waals surface area contributed by atoms with Crippen molar-refractivity contribution in [2.24, 2.45) is 0 Å². The van der Waals surface area contributed by atoms with Crippen molar-refractivity contribution in [1.82, 2.24) is 0 Å². The Morgan fingerprint density at radius 2 is 1.78 bits per heavy atom. The van der Waals surface area contributed by atoms with E-state index in [4.69, 9.17) is 9.47 Å². The van der Waals surface area contributed by atoms with Crippen molar-refractivity contribution >= 4 is 12.0 Å². The van der Waals surface area contributed by atoms with Gasteiger partial charge in [0.05, 0.1) is 6.61 Å². The highest BCUT2D eigenvalue weighted by Crippen LogP contribution is 2.31. The topological polar surface area (TPSA) is 59.3 Å². The van der Waals surface area contributed by atoms with Crippen LogP contribution < -0.4 is 9.47 Å². The number of carbonyl (C=O) groups excluding carboxylic acids is 1. The number of ether oxygens (including phenoxy) is 2. The Morgan fingerprint density at radius 1 is 1.11 bits per heavy atom. The first-order valence-electron chi connectivity index (χ1n) is 9.01. The highest BCUT2D eigenvalue weighted by molar-refractivity contribution is 5.99. The predicted molar refractivity (Wildman–Crippen MR) is 107 cm³/mol. The molecule has 4 heteroatoms. The smallest absolute Gasteiger partial charge is 0.354 e. The van der Waals surface area contributed by atoms with Gasteiger partial charge in [-0.15, -0.1) is 0 Å². The van der Waals surface area contributed by atoms with Crippen LogP contribution in [0.2, 0.25) is 0 Å². The number of benzene rings is 2. The lowest BCUT2D eigenvalue weighted by molar-refractivity contribution is -0.129. The first-order chi connectivity index (χ1) is 12.8. The van der Waals surface area contributed by atoms with Crippen molar-refractivity contribution in [3.05, 3.63) is 65.2 Å². The molecule has 0 spiro atoms. The Kier molecular flexibility index (Phi) is 6.79. The monoisotopic (exact) mass is 363 g/mol. The average Bonchev–Trinajstić information content (AvgIpc) is 2.64. The van der Waals surface area contributed by atoms with E-state index in [1.165, 1.54) is 6.08 Å². The van der Waals surface area contributed by atoms with Gasteiger partial charge in [0.25, 0.3) is 0 Å². The minimum absolute atomic E-state index is 0.0547. The second-order valence-corrected chi connectivity index (χ2v) is 7.22. The molecule has 2 rings (SSSR count). The van der Waals surface area contributed by atoms with Gasteiger partial charge in [0.2, 0.25) is 0 Å². The fourth-order valence-corrected chi connectivity index (χ4v) is 2.51. The molecule has 0 aliphatic rings.